The minimum absolute atomic E-state index is 0.0502. The van der Waals surface area contributed by atoms with E-state index in [1.807, 2.05) is 0 Å². The molecule has 33 heavy (non-hydrogen) atoms. The molecule has 5 rings (SSSR count). The number of hydrogen-bond donors (Lipinski definition) is 1. The predicted octanol–water partition coefficient (Wildman–Crippen LogP) is 4.57. The number of ether oxygens (including phenoxy) is 2. The molecule has 2 aromatic carbocycles. The number of fused-ring (bicyclic) bond motifs is 3. The summed E-state index contributed by atoms with van der Waals surface area (Å²) >= 11 is 0. The minimum Gasteiger partial charge on any atom is -0.494 e. The second-order valence-electron chi connectivity index (χ2n) is 7.34. The quantitative estimate of drug-likeness (QED) is 0.349. The highest BCUT2D eigenvalue weighted by molar-refractivity contribution is 5.97. The van der Waals surface area contributed by atoms with Crippen molar-refractivity contribution in [2.45, 2.75) is 13.2 Å². The van der Waals surface area contributed by atoms with E-state index in [0.717, 1.165) is 23.3 Å². The first-order valence-electron chi connectivity index (χ1n) is 9.97. The van der Waals surface area contributed by atoms with Crippen molar-refractivity contribution in [3.8, 4) is 17.0 Å². The standard InChI is InChI=1S/C22H17F2N5O4/c1-32-20-9-14(24)18(29(30)31)10-16(20)27-22-25-5-4-15(26-22)21-13-8-12(23)2-3-17(13)28-6-7-33-11-19(21)28/h2-5,8-10H,6-7,11H2,1H3,(H,25,26,27). The van der Waals surface area contributed by atoms with Crippen LogP contribution in [0.25, 0.3) is 22.2 Å². The van der Waals surface area contributed by atoms with Crippen LogP contribution >= 0.6 is 0 Å². The van der Waals surface area contributed by atoms with Gasteiger partial charge in [0.05, 0.1) is 42.3 Å². The lowest BCUT2D eigenvalue weighted by atomic mass is 10.1. The molecule has 1 N–H and O–H groups in total. The minimum atomic E-state index is -1.02. The van der Waals surface area contributed by atoms with Crippen LogP contribution in [0.1, 0.15) is 5.69 Å². The van der Waals surface area contributed by atoms with E-state index in [9.17, 15) is 18.9 Å². The molecule has 4 aromatic rings. The van der Waals surface area contributed by atoms with Crippen LogP contribution in [0.15, 0.2) is 42.6 Å². The molecule has 11 heteroatoms. The van der Waals surface area contributed by atoms with E-state index in [1.54, 1.807) is 12.1 Å². The first-order chi connectivity index (χ1) is 16.0. The number of nitrogens with zero attached hydrogens (tertiary/aromatic N) is 4. The van der Waals surface area contributed by atoms with Gasteiger partial charge >= 0.3 is 5.69 Å². The Bertz CT molecular complexity index is 1410. The summed E-state index contributed by atoms with van der Waals surface area (Å²) < 4.78 is 40.9. The molecule has 0 saturated heterocycles. The average Bonchev–Trinajstić information content (AvgIpc) is 3.13. The summed E-state index contributed by atoms with van der Waals surface area (Å²) in [5, 5.41) is 14.7. The average molecular weight is 453 g/mol. The van der Waals surface area contributed by atoms with Crippen molar-refractivity contribution in [2.24, 2.45) is 0 Å². The number of nitro benzene ring substituents is 1. The van der Waals surface area contributed by atoms with Gasteiger partial charge in [0.15, 0.2) is 0 Å². The molecule has 0 radical (unpaired) electrons. The number of anilines is 2. The number of aromatic nitrogens is 3. The first-order valence-corrected chi connectivity index (χ1v) is 9.97. The summed E-state index contributed by atoms with van der Waals surface area (Å²) in [6.07, 6.45) is 1.51. The molecule has 0 fully saturated rings. The Kier molecular flexibility index (Phi) is 5.09. The van der Waals surface area contributed by atoms with Crippen LogP contribution in [-0.4, -0.2) is 33.2 Å². The van der Waals surface area contributed by atoms with Crippen molar-refractivity contribution >= 4 is 28.2 Å². The van der Waals surface area contributed by atoms with Gasteiger partial charge in [0, 0.05) is 41.3 Å². The summed E-state index contributed by atoms with van der Waals surface area (Å²) in [7, 11) is 1.32. The second kappa shape index (κ2) is 8.10. The van der Waals surface area contributed by atoms with Gasteiger partial charge in [-0.25, -0.2) is 14.4 Å². The van der Waals surface area contributed by atoms with Gasteiger partial charge in [-0.3, -0.25) is 10.1 Å². The third kappa shape index (κ3) is 3.61. The molecule has 3 heterocycles. The molecule has 0 saturated carbocycles. The van der Waals surface area contributed by atoms with Crippen LogP contribution < -0.4 is 10.1 Å². The number of nitrogens with one attached hydrogen (secondary N) is 1. The highest BCUT2D eigenvalue weighted by Gasteiger charge is 2.24. The van der Waals surface area contributed by atoms with Crippen molar-refractivity contribution in [3.05, 3.63) is 70.0 Å². The van der Waals surface area contributed by atoms with Crippen LogP contribution in [-0.2, 0) is 17.9 Å². The van der Waals surface area contributed by atoms with E-state index in [2.05, 4.69) is 19.9 Å². The molecule has 0 unspecified atom stereocenters. The first kappa shape index (κ1) is 20.8. The largest absolute Gasteiger partial charge is 0.494 e. The van der Waals surface area contributed by atoms with E-state index in [1.165, 1.54) is 25.4 Å². The molecule has 168 valence electrons. The lowest BCUT2D eigenvalue weighted by Gasteiger charge is -2.18. The smallest absolute Gasteiger partial charge is 0.307 e. The maximum absolute atomic E-state index is 14.1. The highest BCUT2D eigenvalue weighted by atomic mass is 19.1. The third-order valence-corrected chi connectivity index (χ3v) is 5.45. The van der Waals surface area contributed by atoms with Crippen molar-refractivity contribution < 1.29 is 23.2 Å². The molecule has 1 aliphatic rings. The number of rotatable bonds is 5. The second-order valence-corrected chi connectivity index (χ2v) is 7.34. The van der Waals surface area contributed by atoms with Gasteiger partial charge in [-0.2, -0.15) is 4.39 Å². The molecule has 0 amide bonds. The lowest BCUT2D eigenvalue weighted by Crippen LogP contribution is -2.16. The van der Waals surface area contributed by atoms with E-state index >= 15 is 0 Å². The van der Waals surface area contributed by atoms with Crippen molar-refractivity contribution in [1.82, 2.24) is 14.5 Å². The van der Waals surface area contributed by atoms with Crippen molar-refractivity contribution in [3.63, 3.8) is 0 Å². The Morgan fingerprint density at radius 2 is 2.09 bits per heavy atom. The summed E-state index contributed by atoms with van der Waals surface area (Å²) in [6, 6.07) is 8.22. The molecular weight excluding hydrogens is 436 g/mol. The van der Waals surface area contributed by atoms with Gasteiger partial charge in [-0.1, -0.05) is 0 Å². The number of nitro groups is 1. The Labute approximate surface area is 185 Å². The van der Waals surface area contributed by atoms with E-state index in [-0.39, 0.29) is 23.2 Å². The zero-order chi connectivity index (χ0) is 23.1. The number of hydrogen-bond acceptors (Lipinski definition) is 7. The van der Waals surface area contributed by atoms with Gasteiger partial charge < -0.3 is 19.4 Å². The molecule has 1 aliphatic heterocycles. The topological polar surface area (TPSA) is 104 Å². The highest BCUT2D eigenvalue weighted by Crippen LogP contribution is 2.37. The molecule has 0 atom stereocenters. The van der Waals surface area contributed by atoms with Crippen LogP contribution in [0.3, 0.4) is 0 Å². The third-order valence-electron chi connectivity index (χ3n) is 5.45. The molecule has 0 aliphatic carbocycles. The number of benzene rings is 2. The summed E-state index contributed by atoms with van der Waals surface area (Å²) in [5.74, 6) is -1.24. The maximum atomic E-state index is 14.1. The van der Waals surface area contributed by atoms with Gasteiger partial charge in [0.2, 0.25) is 11.8 Å². The Morgan fingerprint density at radius 1 is 1.24 bits per heavy atom. The van der Waals surface area contributed by atoms with Gasteiger partial charge in [0.1, 0.15) is 11.6 Å². The van der Waals surface area contributed by atoms with Gasteiger partial charge in [-0.05, 0) is 24.3 Å². The normalized spacial score (nSPS) is 13.1. The Hall–Kier alpha value is -4.12. The zero-order valence-electron chi connectivity index (χ0n) is 17.3. The molecule has 9 nitrogen and oxygen atoms in total. The lowest BCUT2D eigenvalue weighted by molar-refractivity contribution is -0.387. The number of halogens is 2. The van der Waals surface area contributed by atoms with E-state index < -0.39 is 16.4 Å². The molecule has 0 bridgehead atoms. The van der Waals surface area contributed by atoms with Crippen LogP contribution in [0.2, 0.25) is 0 Å². The fourth-order valence-electron chi connectivity index (χ4n) is 4.02. The summed E-state index contributed by atoms with van der Waals surface area (Å²) in [6.45, 7) is 1.52. The summed E-state index contributed by atoms with van der Waals surface area (Å²) in [5.41, 5.74) is 2.37. The van der Waals surface area contributed by atoms with Crippen LogP contribution in [0, 0.1) is 21.7 Å². The van der Waals surface area contributed by atoms with Crippen LogP contribution in [0.5, 0.6) is 5.75 Å². The zero-order valence-corrected chi connectivity index (χ0v) is 17.3. The number of methoxy groups -OCH3 is 1. The van der Waals surface area contributed by atoms with Gasteiger partial charge in [-0.15, -0.1) is 0 Å². The molecular formula is C22H17F2N5O4. The van der Waals surface area contributed by atoms with E-state index in [0.29, 0.717) is 36.4 Å². The monoisotopic (exact) mass is 453 g/mol. The van der Waals surface area contributed by atoms with Crippen molar-refractivity contribution in [1.29, 1.82) is 0 Å². The fourth-order valence-corrected chi connectivity index (χ4v) is 4.02. The maximum Gasteiger partial charge on any atom is 0.307 e. The van der Waals surface area contributed by atoms with Gasteiger partial charge in [0.25, 0.3) is 0 Å². The Balaban J connectivity index is 1.61. The van der Waals surface area contributed by atoms with Crippen LogP contribution in [0.4, 0.5) is 26.1 Å². The Morgan fingerprint density at radius 3 is 2.88 bits per heavy atom. The van der Waals surface area contributed by atoms with E-state index in [4.69, 9.17) is 9.47 Å². The summed E-state index contributed by atoms with van der Waals surface area (Å²) in [4.78, 5) is 19.0. The van der Waals surface area contributed by atoms with Crippen molar-refractivity contribution in [2.75, 3.05) is 19.0 Å². The molecule has 0 spiro atoms. The SMILES string of the molecule is COc1cc(F)c([N+](=O)[O-])cc1Nc1nccc(-c2c3n(c4ccc(F)cc24)CCOC3)n1. The fraction of sp³-hybridized carbons (Fsp3) is 0.182. The molecule has 2 aromatic heterocycles. The predicted molar refractivity (Wildman–Crippen MR) is 115 cm³/mol.